The maximum atomic E-state index is 13.7. The van der Waals surface area contributed by atoms with E-state index in [1.54, 1.807) is 19.9 Å². The van der Waals surface area contributed by atoms with E-state index in [4.69, 9.17) is 11.6 Å². The second-order valence-electron chi connectivity index (χ2n) is 8.40. The molecule has 1 amide bonds. The number of carbonyl (C=O) groups excluding carboxylic acids is 2. The van der Waals surface area contributed by atoms with Crippen LogP contribution in [0, 0.1) is 24.0 Å². The van der Waals surface area contributed by atoms with Crippen molar-refractivity contribution in [3.8, 4) is 0 Å². The number of hydrogen-bond acceptors (Lipinski definition) is 11. The van der Waals surface area contributed by atoms with E-state index in [2.05, 4.69) is 15.2 Å². The molecule has 0 fully saturated rings. The van der Waals surface area contributed by atoms with E-state index in [-0.39, 0.29) is 16.4 Å². The smallest absolute Gasteiger partial charge is 0.296 e. The summed E-state index contributed by atoms with van der Waals surface area (Å²) < 4.78 is 0.549. The van der Waals surface area contributed by atoms with Crippen LogP contribution in [0.4, 0.5) is 10.8 Å². The van der Waals surface area contributed by atoms with Gasteiger partial charge in [0.1, 0.15) is 0 Å². The number of non-ortho nitro benzene ring substituents is 1. The van der Waals surface area contributed by atoms with Crippen LogP contribution < -0.4 is 4.90 Å². The van der Waals surface area contributed by atoms with Crippen molar-refractivity contribution in [3.05, 3.63) is 102 Å². The number of amides is 1. The number of rotatable bonds is 8. The van der Waals surface area contributed by atoms with E-state index < -0.39 is 28.4 Å². The zero-order valence-electron chi connectivity index (χ0n) is 20.3. The molecule has 1 unspecified atom stereocenters. The van der Waals surface area contributed by atoms with Crippen molar-refractivity contribution in [3.63, 3.8) is 0 Å². The van der Waals surface area contributed by atoms with Gasteiger partial charge in [0, 0.05) is 22.9 Å². The third-order valence-corrected chi connectivity index (χ3v) is 9.44. The minimum atomic E-state index is -1.08. The number of nitro benzene ring substituents is 1. The van der Waals surface area contributed by atoms with E-state index in [1.165, 1.54) is 40.9 Å². The van der Waals surface area contributed by atoms with Gasteiger partial charge in [-0.15, -0.1) is 21.5 Å². The average molecular weight is 600 g/mol. The molecule has 0 aliphatic carbocycles. The van der Waals surface area contributed by atoms with Gasteiger partial charge in [0.25, 0.3) is 11.6 Å². The summed E-state index contributed by atoms with van der Waals surface area (Å²) in [6, 6.07) is 11.8. The molecule has 0 bridgehead atoms. The number of aliphatic hydroxyl groups excluding tert-OH is 1. The van der Waals surface area contributed by atoms with Gasteiger partial charge in [0.15, 0.2) is 10.1 Å². The SMILES string of the molecule is Cc1nc(C)c(C(=O)C2=C(O)C(=O)N(c3nnc(SCc4ccccc4Cl)s3)C2c2ccc([N+](=O)[O-])cc2)s1. The van der Waals surface area contributed by atoms with Crippen LogP contribution in [0.25, 0.3) is 0 Å². The lowest BCUT2D eigenvalue weighted by molar-refractivity contribution is -0.384. The van der Waals surface area contributed by atoms with Crippen LogP contribution >= 0.6 is 46.0 Å². The Hall–Kier alpha value is -3.65. The first-order chi connectivity index (χ1) is 18.7. The number of hydrogen-bond donors (Lipinski definition) is 1. The predicted molar refractivity (Wildman–Crippen MR) is 150 cm³/mol. The van der Waals surface area contributed by atoms with E-state index in [0.29, 0.717) is 36.3 Å². The number of aromatic nitrogens is 3. The van der Waals surface area contributed by atoms with Gasteiger partial charge in [0.05, 0.1) is 32.1 Å². The van der Waals surface area contributed by atoms with Crippen LogP contribution in [0.3, 0.4) is 0 Å². The molecule has 3 heterocycles. The molecule has 2 aromatic carbocycles. The number of ketones is 1. The lowest BCUT2D eigenvalue weighted by Crippen LogP contribution is -2.31. The fraction of sp³-hybridized carbons (Fsp3) is 0.160. The highest BCUT2D eigenvalue weighted by Crippen LogP contribution is 2.45. The molecule has 14 heteroatoms. The second-order valence-corrected chi connectivity index (χ2v) is 12.2. The number of thioether (sulfide) groups is 1. The van der Waals surface area contributed by atoms with E-state index >= 15 is 0 Å². The Morgan fingerprint density at radius 1 is 1.15 bits per heavy atom. The highest BCUT2D eigenvalue weighted by Gasteiger charge is 2.46. The molecule has 2 aromatic heterocycles. The highest BCUT2D eigenvalue weighted by atomic mass is 35.5. The van der Waals surface area contributed by atoms with Crippen molar-refractivity contribution >= 4 is 68.5 Å². The third kappa shape index (κ3) is 5.17. The number of thiazole rings is 1. The van der Waals surface area contributed by atoms with Crippen LogP contribution in [0.5, 0.6) is 0 Å². The molecule has 1 aliphatic heterocycles. The Balaban J connectivity index is 1.53. The molecule has 0 spiro atoms. The topological polar surface area (TPSA) is 139 Å². The Kier molecular flexibility index (Phi) is 7.49. The molecule has 0 saturated heterocycles. The summed E-state index contributed by atoms with van der Waals surface area (Å²) >= 11 is 9.91. The number of Topliss-reactive ketones (excluding diaryl/α,β-unsaturated/α-hetero) is 1. The lowest BCUT2D eigenvalue weighted by atomic mass is 9.95. The Morgan fingerprint density at radius 3 is 2.51 bits per heavy atom. The maximum absolute atomic E-state index is 13.7. The molecule has 10 nitrogen and oxygen atoms in total. The summed E-state index contributed by atoms with van der Waals surface area (Å²) in [7, 11) is 0. The van der Waals surface area contributed by atoms with E-state index in [1.807, 2.05) is 18.2 Å². The van der Waals surface area contributed by atoms with Crippen molar-refractivity contribution in [2.24, 2.45) is 0 Å². The summed E-state index contributed by atoms with van der Waals surface area (Å²) in [5.41, 5.74) is 1.47. The van der Waals surface area contributed by atoms with Gasteiger partial charge in [0.2, 0.25) is 10.9 Å². The van der Waals surface area contributed by atoms with Gasteiger partial charge in [-0.3, -0.25) is 24.6 Å². The molecule has 198 valence electrons. The first-order valence-corrected chi connectivity index (χ1v) is 14.3. The van der Waals surface area contributed by atoms with Crippen LogP contribution in [0.15, 0.2) is 64.2 Å². The van der Waals surface area contributed by atoms with E-state index in [9.17, 15) is 24.8 Å². The summed E-state index contributed by atoms with van der Waals surface area (Å²) in [6.45, 7) is 3.43. The number of aryl methyl sites for hydroxylation is 2. The first kappa shape index (κ1) is 26.9. The van der Waals surface area contributed by atoms with Crippen LogP contribution in [0.1, 0.15) is 37.5 Å². The summed E-state index contributed by atoms with van der Waals surface area (Å²) in [6.07, 6.45) is 0. The van der Waals surface area contributed by atoms with Crippen molar-refractivity contribution < 1.29 is 19.6 Å². The molecule has 0 radical (unpaired) electrons. The molecule has 4 aromatic rings. The first-order valence-electron chi connectivity index (χ1n) is 11.3. The molecule has 39 heavy (non-hydrogen) atoms. The fourth-order valence-electron chi connectivity index (χ4n) is 4.11. The van der Waals surface area contributed by atoms with Gasteiger partial charge in [-0.25, -0.2) is 4.98 Å². The number of benzene rings is 2. The van der Waals surface area contributed by atoms with Crippen LogP contribution in [-0.4, -0.2) is 36.9 Å². The Morgan fingerprint density at radius 2 is 1.87 bits per heavy atom. The predicted octanol–water partition coefficient (Wildman–Crippen LogP) is 6.25. The van der Waals surface area contributed by atoms with Crippen molar-refractivity contribution in [1.29, 1.82) is 0 Å². The lowest BCUT2D eigenvalue weighted by Gasteiger charge is -2.23. The number of carbonyl (C=O) groups is 2. The molecular formula is C25H18ClN5O5S3. The maximum Gasteiger partial charge on any atom is 0.296 e. The third-order valence-electron chi connectivity index (χ3n) is 5.89. The normalized spacial score (nSPS) is 15.3. The summed E-state index contributed by atoms with van der Waals surface area (Å²) in [4.78, 5) is 43.5. The van der Waals surface area contributed by atoms with E-state index in [0.717, 1.165) is 28.2 Å². The zero-order chi connectivity index (χ0) is 27.8. The standard InChI is InChI=1S/C25H18ClN5O5S3/c1-12-22(38-13(2)27-12)20(32)18-19(14-7-9-16(10-8-14)31(35)36)30(23(34)21(18)33)24-28-29-25(39-24)37-11-15-5-3-4-6-17(15)26/h3-10,19,33H,11H2,1-2H3. The Labute approximate surface area is 239 Å². The number of nitrogens with zero attached hydrogens (tertiary/aromatic N) is 5. The minimum absolute atomic E-state index is 0.152. The minimum Gasteiger partial charge on any atom is -0.503 e. The molecule has 1 atom stereocenters. The molecular weight excluding hydrogens is 582 g/mol. The number of halogens is 1. The second kappa shape index (κ2) is 10.8. The molecule has 1 N–H and O–H groups in total. The van der Waals surface area contributed by atoms with Gasteiger partial charge in [-0.05, 0) is 43.2 Å². The average Bonchev–Trinajstić information content (AvgIpc) is 3.59. The fourth-order valence-corrected chi connectivity index (χ4v) is 7.13. The number of aliphatic hydroxyl groups is 1. The zero-order valence-corrected chi connectivity index (χ0v) is 23.5. The number of nitro groups is 1. The van der Waals surface area contributed by atoms with Crippen molar-refractivity contribution in [2.75, 3.05) is 4.90 Å². The van der Waals surface area contributed by atoms with Crippen LogP contribution in [0.2, 0.25) is 5.02 Å². The van der Waals surface area contributed by atoms with Gasteiger partial charge in [-0.1, -0.05) is 52.9 Å². The summed E-state index contributed by atoms with van der Waals surface area (Å²) in [5.74, 6) is -1.56. The summed E-state index contributed by atoms with van der Waals surface area (Å²) in [5, 5.41) is 32.0. The quantitative estimate of drug-likeness (QED) is 0.0818. The van der Waals surface area contributed by atoms with Gasteiger partial charge >= 0.3 is 0 Å². The van der Waals surface area contributed by atoms with Crippen molar-refractivity contribution in [1.82, 2.24) is 15.2 Å². The van der Waals surface area contributed by atoms with Crippen LogP contribution in [-0.2, 0) is 10.5 Å². The van der Waals surface area contributed by atoms with Crippen molar-refractivity contribution in [2.45, 2.75) is 30.0 Å². The molecule has 1 aliphatic rings. The van der Waals surface area contributed by atoms with Gasteiger partial charge < -0.3 is 5.11 Å². The highest BCUT2D eigenvalue weighted by molar-refractivity contribution is 8.00. The largest absolute Gasteiger partial charge is 0.503 e. The molecule has 5 rings (SSSR count). The number of anilines is 1. The monoisotopic (exact) mass is 599 g/mol. The Bertz CT molecular complexity index is 1650. The van der Waals surface area contributed by atoms with Gasteiger partial charge in [-0.2, -0.15) is 0 Å². The molecule has 0 saturated carbocycles.